The van der Waals surface area contributed by atoms with Crippen molar-refractivity contribution < 1.29 is 17.6 Å². The number of amides is 2. The van der Waals surface area contributed by atoms with Gasteiger partial charge in [0.15, 0.2) is 0 Å². The van der Waals surface area contributed by atoms with Crippen LogP contribution in [0.1, 0.15) is 30.9 Å². The summed E-state index contributed by atoms with van der Waals surface area (Å²) < 4.78 is 38.3. The fourth-order valence-corrected chi connectivity index (χ4v) is 5.28. The van der Waals surface area contributed by atoms with Gasteiger partial charge in [0.1, 0.15) is 5.82 Å². The molecule has 1 aromatic carbocycles. The van der Waals surface area contributed by atoms with E-state index in [1.165, 1.54) is 22.7 Å². The van der Waals surface area contributed by atoms with Crippen molar-refractivity contribution in [3.05, 3.63) is 29.6 Å². The minimum atomic E-state index is -3.25. The molecule has 0 aromatic heterocycles. The molecule has 2 atom stereocenters. The Kier molecular flexibility index (Phi) is 5.55. The zero-order chi connectivity index (χ0) is 18.0. The maximum atomic E-state index is 13.5. The van der Waals surface area contributed by atoms with Crippen molar-refractivity contribution in [1.29, 1.82) is 0 Å². The zero-order valence-electron chi connectivity index (χ0n) is 14.0. The average molecular weight is 388 g/mol. The molecule has 2 aliphatic rings. The van der Waals surface area contributed by atoms with Gasteiger partial charge in [-0.25, -0.2) is 21.9 Å². The molecule has 2 aliphatic heterocycles. The molecule has 9 heteroatoms. The molecule has 2 amide bonds. The van der Waals surface area contributed by atoms with E-state index in [9.17, 15) is 17.6 Å². The van der Waals surface area contributed by atoms with Gasteiger partial charge in [-0.05, 0) is 43.0 Å². The van der Waals surface area contributed by atoms with Crippen LogP contribution < -0.4 is 10.6 Å². The number of hydrogen-bond donors (Lipinski definition) is 2. The van der Waals surface area contributed by atoms with Crippen molar-refractivity contribution in [2.45, 2.75) is 36.2 Å². The Hall–Kier alpha value is -1.32. The molecule has 0 spiro atoms. The van der Waals surface area contributed by atoms with Crippen molar-refractivity contribution >= 4 is 27.8 Å². The number of nitrogens with one attached hydrogen (secondary N) is 2. The summed E-state index contributed by atoms with van der Waals surface area (Å²) >= 11 is 1.66. The van der Waals surface area contributed by atoms with Crippen LogP contribution in [0.3, 0.4) is 0 Å². The highest BCUT2D eigenvalue weighted by atomic mass is 32.2. The highest BCUT2D eigenvalue weighted by molar-refractivity contribution is 7.99. The van der Waals surface area contributed by atoms with Crippen LogP contribution in [0.2, 0.25) is 0 Å². The van der Waals surface area contributed by atoms with Crippen molar-refractivity contribution in [2.75, 3.05) is 25.1 Å². The Bertz CT molecular complexity index is 757. The Morgan fingerprint density at radius 1 is 1.32 bits per heavy atom. The lowest BCUT2D eigenvalue weighted by Gasteiger charge is -2.32. The van der Waals surface area contributed by atoms with Crippen LogP contribution in [0.15, 0.2) is 23.1 Å². The number of hydrogen-bond acceptors (Lipinski definition) is 4. The third-order valence-corrected chi connectivity index (χ3v) is 6.90. The third-order valence-electron chi connectivity index (χ3n) is 4.51. The van der Waals surface area contributed by atoms with E-state index in [0.29, 0.717) is 13.0 Å². The lowest BCUT2D eigenvalue weighted by Crippen LogP contribution is -2.52. The number of urea groups is 1. The van der Waals surface area contributed by atoms with Gasteiger partial charge in [-0.3, -0.25) is 0 Å². The van der Waals surface area contributed by atoms with E-state index in [4.69, 9.17) is 0 Å². The van der Waals surface area contributed by atoms with Crippen molar-refractivity contribution in [3.8, 4) is 0 Å². The van der Waals surface area contributed by atoms with Gasteiger partial charge in [0, 0.05) is 29.8 Å². The van der Waals surface area contributed by atoms with Crippen LogP contribution in [-0.4, -0.2) is 49.9 Å². The zero-order valence-corrected chi connectivity index (χ0v) is 15.6. The third kappa shape index (κ3) is 4.65. The number of carbonyl (C=O) groups excluding carboxylic acids is 1. The number of carbonyl (C=O) groups is 1. The summed E-state index contributed by atoms with van der Waals surface area (Å²) in [6, 6.07) is 3.85. The minimum Gasteiger partial charge on any atom is -0.334 e. The maximum Gasteiger partial charge on any atom is 0.315 e. The minimum absolute atomic E-state index is 0.214. The highest BCUT2D eigenvalue weighted by Crippen LogP contribution is 2.36. The number of rotatable bonds is 3. The molecule has 3 rings (SSSR count). The molecular formula is C16H22FN3O3S2. The number of piperidine rings is 1. The fraction of sp³-hybridized carbons (Fsp3) is 0.562. The largest absolute Gasteiger partial charge is 0.334 e. The smallest absolute Gasteiger partial charge is 0.315 e. The second-order valence-electron chi connectivity index (χ2n) is 6.45. The summed E-state index contributed by atoms with van der Waals surface area (Å²) in [7, 11) is -3.25. The Morgan fingerprint density at radius 3 is 2.88 bits per heavy atom. The van der Waals surface area contributed by atoms with E-state index >= 15 is 0 Å². The Labute approximate surface area is 151 Å². The summed E-state index contributed by atoms with van der Waals surface area (Å²) in [4.78, 5) is 13.3. The van der Waals surface area contributed by atoms with Crippen LogP contribution in [0.25, 0.3) is 0 Å². The fourth-order valence-electron chi connectivity index (χ4n) is 3.26. The van der Waals surface area contributed by atoms with Crippen LogP contribution in [0.4, 0.5) is 9.18 Å². The topological polar surface area (TPSA) is 78.5 Å². The van der Waals surface area contributed by atoms with Crippen molar-refractivity contribution in [1.82, 2.24) is 14.9 Å². The number of halogens is 1. The standard InChI is InChI=1S/C16H22FN3O3S2/c1-25(22,23)20-7-2-3-12(10-20)18-16(21)19-14-6-8-24-15-5-4-11(17)9-13(14)15/h4-5,9,12,14H,2-3,6-8,10H2,1H3,(H2,18,19,21). The number of nitrogens with zero attached hydrogens (tertiary/aromatic N) is 1. The molecule has 138 valence electrons. The van der Waals surface area contributed by atoms with Gasteiger partial charge in [0.25, 0.3) is 0 Å². The molecule has 2 heterocycles. The summed E-state index contributed by atoms with van der Waals surface area (Å²) in [6.45, 7) is 0.781. The predicted molar refractivity (Wildman–Crippen MR) is 95.6 cm³/mol. The van der Waals surface area contributed by atoms with E-state index in [-0.39, 0.29) is 30.5 Å². The van der Waals surface area contributed by atoms with E-state index < -0.39 is 10.0 Å². The Balaban J connectivity index is 1.61. The Morgan fingerprint density at radius 2 is 2.12 bits per heavy atom. The molecule has 1 fully saturated rings. The SMILES string of the molecule is CS(=O)(=O)N1CCCC(NC(=O)NC2CCSc3ccc(F)cc32)C1. The number of fused-ring (bicyclic) bond motifs is 1. The van der Waals surface area contributed by atoms with E-state index in [2.05, 4.69) is 10.6 Å². The number of sulfonamides is 1. The summed E-state index contributed by atoms with van der Waals surface area (Å²) in [5, 5.41) is 5.76. The second kappa shape index (κ2) is 7.51. The molecule has 1 aromatic rings. The molecule has 0 radical (unpaired) electrons. The summed E-state index contributed by atoms with van der Waals surface area (Å²) in [6.07, 6.45) is 3.37. The molecule has 2 N–H and O–H groups in total. The van der Waals surface area contributed by atoms with Crippen molar-refractivity contribution in [3.63, 3.8) is 0 Å². The van der Waals surface area contributed by atoms with E-state index in [0.717, 1.165) is 29.1 Å². The normalized spacial score (nSPS) is 24.4. The highest BCUT2D eigenvalue weighted by Gasteiger charge is 2.28. The summed E-state index contributed by atoms with van der Waals surface area (Å²) in [5.74, 6) is 0.541. The van der Waals surface area contributed by atoms with Crippen LogP contribution in [0, 0.1) is 5.82 Å². The molecule has 0 aliphatic carbocycles. The average Bonchev–Trinajstić information content (AvgIpc) is 2.55. The lowest BCUT2D eigenvalue weighted by molar-refractivity contribution is 0.222. The first-order valence-electron chi connectivity index (χ1n) is 8.27. The lowest BCUT2D eigenvalue weighted by atomic mass is 10.0. The predicted octanol–water partition coefficient (Wildman–Crippen LogP) is 2.09. The van der Waals surface area contributed by atoms with Crippen LogP contribution in [-0.2, 0) is 10.0 Å². The second-order valence-corrected chi connectivity index (χ2v) is 9.57. The first-order chi connectivity index (χ1) is 11.8. The first-order valence-corrected chi connectivity index (χ1v) is 11.1. The van der Waals surface area contributed by atoms with Gasteiger partial charge >= 0.3 is 6.03 Å². The van der Waals surface area contributed by atoms with Crippen molar-refractivity contribution in [2.24, 2.45) is 0 Å². The quantitative estimate of drug-likeness (QED) is 0.832. The van der Waals surface area contributed by atoms with Crippen LogP contribution >= 0.6 is 11.8 Å². The summed E-state index contributed by atoms with van der Waals surface area (Å²) in [5.41, 5.74) is 0.799. The van der Waals surface area contributed by atoms with Gasteiger partial charge in [0.05, 0.1) is 12.3 Å². The van der Waals surface area contributed by atoms with E-state index in [1.54, 1.807) is 17.8 Å². The molecule has 2 unspecified atom stereocenters. The molecule has 0 saturated carbocycles. The van der Waals surface area contributed by atoms with Gasteiger partial charge in [-0.15, -0.1) is 11.8 Å². The molecular weight excluding hydrogens is 365 g/mol. The monoisotopic (exact) mass is 387 g/mol. The van der Waals surface area contributed by atoms with Gasteiger partial charge in [-0.1, -0.05) is 0 Å². The number of thioether (sulfide) groups is 1. The van der Waals surface area contributed by atoms with Gasteiger partial charge in [-0.2, -0.15) is 0 Å². The molecule has 25 heavy (non-hydrogen) atoms. The first kappa shape index (κ1) is 18.5. The van der Waals surface area contributed by atoms with Gasteiger partial charge in [0.2, 0.25) is 10.0 Å². The van der Waals surface area contributed by atoms with E-state index in [1.807, 2.05) is 0 Å². The van der Waals surface area contributed by atoms with Gasteiger partial charge < -0.3 is 10.6 Å². The number of benzene rings is 1. The molecule has 6 nitrogen and oxygen atoms in total. The maximum absolute atomic E-state index is 13.5. The van der Waals surface area contributed by atoms with Crippen LogP contribution in [0.5, 0.6) is 0 Å². The molecule has 1 saturated heterocycles. The molecule has 0 bridgehead atoms.